The maximum atomic E-state index is 13.5. The van der Waals surface area contributed by atoms with Gasteiger partial charge in [-0.15, -0.1) is 0 Å². The molecule has 1 N–H and O–H groups in total. The van der Waals surface area contributed by atoms with E-state index in [-0.39, 0.29) is 36.7 Å². The SMILES string of the molecule is O=C(Cc1ccccc1)NC(CC1CCCC1)C(=O)N1CCCC2OCC(=O)C21. The number of piperidine rings is 1. The molecule has 2 aliphatic heterocycles. The molecule has 2 heterocycles. The minimum atomic E-state index is -0.568. The molecule has 3 atom stereocenters. The number of fused-ring (bicyclic) bond motifs is 1. The van der Waals surface area contributed by atoms with Gasteiger partial charge in [0.05, 0.1) is 12.5 Å². The average Bonchev–Trinajstić information content (AvgIpc) is 3.37. The van der Waals surface area contributed by atoms with Gasteiger partial charge >= 0.3 is 0 Å². The Balaban J connectivity index is 1.47. The second kappa shape index (κ2) is 9.08. The van der Waals surface area contributed by atoms with Crippen LogP contribution in [-0.2, 0) is 25.5 Å². The largest absolute Gasteiger partial charge is 0.368 e. The molecule has 0 aromatic heterocycles. The van der Waals surface area contributed by atoms with Crippen molar-refractivity contribution >= 4 is 17.6 Å². The number of carbonyl (C=O) groups is 3. The van der Waals surface area contributed by atoms with Crippen molar-refractivity contribution in [2.75, 3.05) is 13.2 Å². The van der Waals surface area contributed by atoms with Crippen molar-refractivity contribution in [2.24, 2.45) is 5.92 Å². The Morgan fingerprint density at radius 1 is 1.10 bits per heavy atom. The third-order valence-electron chi connectivity index (χ3n) is 6.51. The normalized spacial score (nSPS) is 25.7. The van der Waals surface area contributed by atoms with Gasteiger partial charge in [-0.1, -0.05) is 56.0 Å². The van der Waals surface area contributed by atoms with Gasteiger partial charge in [-0.2, -0.15) is 0 Å². The van der Waals surface area contributed by atoms with Gasteiger partial charge in [0.2, 0.25) is 11.8 Å². The average molecular weight is 399 g/mol. The van der Waals surface area contributed by atoms with E-state index >= 15 is 0 Å². The van der Waals surface area contributed by atoms with Crippen molar-refractivity contribution in [3.63, 3.8) is 0 Å². The van der Waals surface area contributed by atoms with Crippen LogP contribution >= 0.6 is 0 Å². The van der Waals surface area contributed by atoms with Gasteiger partial charge in [0.15, 0.2) is 5.78 Å². The summed E-state index contributed by atoms with van der Waals surface area (Å²) >= 11 is 0. The lowest BCUT2D eigenvalue weighted by molar-refractivity contribution is -0.144. The molecule has 0 bridgehead atoms. The fourth-order valence-corrected chi connectivity index (χ4v) is 5.07. The third kappa shape index (κ3) is 4.69. The lowest BCUT2D eigenvalue weighted by atomic mass is 9.93. The Bertz CT molecular complexity index is 745. The molecule has 2 saturated heterocycles. The lowest BCUT2D eigenvalue weighted by Gasteiger charge is -2.38. The predicted octanol–water partition coefficient (Wildman–Crippen LogP) is 2.25. The highest BCUT2D eigenvalue weighted by molar-refractivity contribution is 5.95. The van der Waals surface area contributed by atoms with Crippen LogP contribution in [0.15, 0.2) is 30.3 Å². The minimum Gasteiger partial charge on any atom is -0.368 e. The number of amides is 2. The maximum absolute atomic E-state index is 13.5. The Kier molecular flexibility index (Phi) is 6.28. The Hall–Kier alpha value is -2.21. The summed E-state index contributed by atoms with van der Waals surface area (Å²) in [5, 5.41) is 3.00. The van der Waals surface area contributed by atoms with E-state index in [4.69, 9.17) is 4.74 Å². The first-order chi connectivity index (χ1) is 14.1. The van der Waals surface area contributed by atoms with Crippen molar-refractivity contribution in [1.82, 2.24) is 10.2 Å². The van der Waals surface area contributed by atoms with E-state index in [1.807, 2.05) is 30.3 Å². The molecule has 6 heteroatoms. The van der Waals surface area contributed by atoms with E-state index < -0.39 is 12.1 Å². The number of likely N-dealkylation sites (tertiary alicyclic amines) is 1. The summed E-state index contributed by atoms with van der Waals surface area (Å²) in [6, 6.07) is 8.51. The standard InChI is InChI=1S/C23H30N2O4/c26-19-15-29-20-11-6-12-25(22(19)20)23(28)18(13-16-9-4-5-10-16)24-21(27)14-17-7-2-1-3-8-17/h1-3,7-8,16,18,20,22H,4-6,9-15H2,(H,24,27). The van der Waals surface area contributed by atoms with E-state index in [0.717, 1.165) is 31.2 Å². The van der Waals surface area contributed by atoms with Crippen LogP contribution < -0.4 is 5.32 Å². The number of rotatable bonds is 6. The molecule has 2 amide bonds. The molecule has 3 unspecified atom stereocenters. The van der Waals surface area contributed by atoms with Crippen LogP contribution in [0.2, 0.25) is 0 Å². The summed E-state index contributed by atoms with van der Waals surface area (Å²) in [7, 11) is 0. The second-order valence-corrected chi connectivity index (χ2v) is 8.60. The van der Waals surface area contributed by atoms with Gasteiger partial charge in [-0.05, 0) is 30.7 Å². The summed E-state index contributed by atoms with van der Waals surface area (Å²) in [4.78, 5) is 40.2. The molecule has 4 rings (SSSR count). The van der Waals surface area contributed by atoms with Crippen molar-refractivity contribution in [1.29, 1.82) is 0 Å². The van der Waals surface area contributed by atoms with Crippen LogP contribution in [0.5, 0.6) is 0 Å². The minimum absolute atomic E-state index is 0.0155. The van der Waals surface area contributed by atoms with Crippen LogP contribution in [0.3, 0.4) is 0 Å². The number of hydrogen-bond donors (Lipinski definition) is 1. The molecule has 0 radical (unpaired) electrons. The molecule has 156 valence electrons. The fraction of sp³-hybridized carbons (Fsp3) is 0.609. The summed E-state index contributed by atoms with van der Waals surface area (Å²) < 4.78 is 5.59. The van der Waals surface area contributed by atoms with Gasteiger partial charge < -0.3 is 15.0 Å². The zero-order valence-corrected chi connectivity index (χ0v) is 16.8. The monoisotopic (exact) mass is 398 g/mol. The van der Waals surface area contributed by atoms with Crippen LogP contribution in [0.25, 0.3) is 0 Å². The molecule has 3 fully saturated rings. The number of carbonyl (C=O) groups excluding carboxylic acids is 3. The van der Waals surface area contributed by atoms with Crippen LogP contribution in [-0.4, -0.2) is 53.8 Å². The van der Waals surface area contributed by atoms with E-state index in [1.54, 1.807) is 4.90 Å². The Morgan fingerprint density at radius 3 is 2.62 bits per heavy atom. The molecular formula is C23H30N2O4. The van der Waals surface area contributed by atoms with E-state index in [1.165, 1.54) is 12.8 Å². The van der Waals surface area contributed by atoms with Crippen molar-refractivity contribution in [3.8, 4) is 0 Å². The molecule has 29 heavy (non-hydrogen) atoms. The zero-order chi connectivity index (χ0) is 20.2. The number of ketones is 1. The molecule has 1 aromatic carbocycles. The van der Waals surface area contributed by atoms with Gasteiger partial charge in [-0.3, -0.25) is 14.4 Å². The highest BCUT2D eigenvalue weighted by Gasteiger charge is 2.46. The van der Waals surface area contributed by atoms with Gasteiger partial charge in [0, 0.05) is 6.54 Å². The number of ether oxygens (including phenoxy) is 1. The maximum Gasteiger partial charge on any atom is 0.245 e. The molecular weight excluding hydrogens is 368 g/mol. The quantitative estimate of drug-likeness (QED) is 0.798. The number of nitrogens with one attached hydrogen (secondary N) is 1. The second-order valence-electron chi connectivity index (χ2n) is 8.60. The van der Waals surface area contributed by atoms with Crippen molar-refractivity contribution in [3.05, 3.63) is 35.9 Å². The first kappa shape index (κ1) is 20.1. The predicted molar refractivity (Wildman–Crippen MR) is 108 cm³/mol. The molecule has 6 nitrogen and oxygen atoms in total. The molecule has 1 aromatic rings. The van der Waals surface area contributed by atoms with Crippen molar-refractivity contribution in [2.45, 2.75) is 69.6 Å². The highest BCUT2D eigenvalue weighted by Crippen LogP contribution is 2.31. The topological polar surface area (TPSA) is 75.7 Å². The summed E-state index contributed by atoms with van der Waals surface area (Å²) in [5.74, 6) is 0.178. The third-order valence-corrected chi connectivity index (χ3v) is 6.51. The molecule has 0 spiro atoms. The molecule has 3 aliphatic rings. The smallest absolute Gasteiger partial charge is 0.245 e. The molecule has 1 aliphatic carbocycles. The summed E-state index contributed by atoms with van der Waals surface area (Å²) in [6.07, 6.45) is 6.94. The zero-order valence-electron chi connectivity index (χ0n) is 16.8. The number of Topliss-reactive ketones (excluding diaryl/α,β-unsaturated/α-hetero) is 1. The first-order valence-electron chi connectivity index (χ1n) is 10.9. The van der Waals surface area contributed by atoms with E-state index in [9.17, 15) is 14.4 Å². The van der Waals surface area contributed by atoms with Crippen LogP contribution in [0.4, 0.5) is 0 Å². The number of hydrogen-bond acceptors (Lipinski definition) is 4. The van der Waals surface area contributed by atoms with Crippen LogP contribution in [0, 0.1) is 5.92 Å². The molecule has 1 saturated carbocycles. The Morgan fingerprint density at radius 2 is 1.86 bits per heavy atom. The van der Waals surface area contributed by atoms with Gasteiger partial charge in [0.1, 0.15) is 18.7 Å². The number of nitrogens with zero attached hydrogens (tertiary/aromatic N) is 1. The Labute approximate surface area is 172 Å². The summed E-state index contributed by atoms with van der Waals surface area (Å²) in [5.41, 5.74) is 0.925. The fourth-order valence-electron chi connectivity index (χ4n) is 5.07. The first-order valence-corrected chi connectivity index (χ1v) is 10.9. The van der Waals surface area contributed by atoms with Crippen molar-refractivity contribution < 1.29 is 19.1 Å². The highest BCUT2D eigenvalue weighted by atomic mass is 16.5. The van der Waals surface area contributed by atoms with Crippen LogP contribution in [0.1, 0.15) is 50.5 Å². The van der Waals surface area contributed by atoms with E-state index in [0.29, 0.717) is 18.9 Å². The summed E-state index contributed by atoms with van der Waals surface area (Å²) in [6.45, 7) is 0.650. The number of benzene rings is 1. The van der Waals surface area contributed by atoms with Gasteiger partial charge in [0.25, 0.3) is 0 Å². The van der Waals surface area contributed by atoms with E-state index in [2.05, 4.69) is 5.32 Å². The van der Waals surface area contributed by atoms with Gasteiger partial charge in [-0.25, -0.2) is 0 Å². The lowest BCUT2D eigenvalue weighted by Crippen LogP contribution is -2.58.